The molecule has 3 saturated carbocycles. The van der Waals surface area contributed by atoms with Gasteiger partial charge in [-0.05, 0) is 97.7 Å². The summed E-state index contributed by atoms with van der Waals surface area (Å²) in [5.41, 5.74) is 2.42. The first-order valence-corrected chi connectivity index (χ1v) is 15.8. The molecular weight excluding hydrogens is 503 g/mol. The molecule has 0 heterocycles. The summed E-state index contributed by atoms with van der Waals surface area (Å²) in [6.07, 6.45) is 16.9. The third kappa shape index (κ3) is 5.28. The van der Waals surface area contributed by atoms with Gasteiger partial charge in [-0.15, -0.1) is 0 Å². The molecule has 8 atom stereocenters. The smallest absolute Gasteiger partial charge is 0.259 e. The maximum absolute atomic E-state index is 12.3. The SMILES string of the molecule is CC(C)CCC[C@H](C)[C@H]1CC[C@H]2[C@@H]3CC=C4C[C@H](SC(=O)C(Cl)(Cl)Cl)CC[C@]4(C)[C@H]3CC[C@]12C. The van der Waals surface area contributed by atoms with E-state index in [0.717, 1.165) is 48.3 Å². The van der Waals surface area contributed by atoms with E-state index in [4.69, 9.17) is 34.8 Å². The van der Waals surface area contributed by atoms with E-state index in [1.165, 1.54) is 69.5 Å². The summed E-state index contributed by atoms with van der Waals surface area (Å²) in [5, 5.41) is -0.0799. The fourth-order valence-electron chi connectivity index (χ4n) is 8.97. The number of carbonyl (C=O) groups excluding carboxylic acids is 1. The molecule has 1 nitrogen and oxygen atoms in total. The van der Waals surface area contributed by atoms with Crippen molar-refractivity contribution >= 4 is 51.7 Å². The minimum Gasteiger partial charge on any atom is -0.282 e. The highest BCUT2D eigenvalue weighted by molar-refractivity contribution is 8.14. The molecule has 0 aromatic carbocycles. The number of hydrogen-bond donors (Lipinski definition) is 0. The second-order valence-corrected chi connectivity index (χ2v) is 16.6. The van der Waals surface area contributed by atoms with Crippen molar-refractivity contribution in [3.8, 4) is 0 Å². The van der Waals surface area contributed by atoms with E-state index >= 15 is 0 Å². The van der Waals surface area contributed by atoms with Crippen LogP contribution in [-0.4, -0.2) is 14.2 Å². The first-order valence-electron chi connectivity index (χ1n) is 13.8. The van der Waals surface area contributed by atoms with E-state index in [0.29, 0.717) is 10.8 Å². The van der Waals surface area contributed by atoms with Crippen molar-refractivity contribution in [3.05, 3.63) is 11.6 Å². The van der Waals surface area contributed by atoms with Crippen LogP contribution in [0.2, 0.25) is 0 Å². The van der Waals surface area contributed by atoms with E-state index < -0.39 is 3.79 Å². The van der Waals surface area contributed by atoms with Gasteiger partial charge < -0.3 is 0 Å². The molecule has 4 aliphatic carbocycles. The Balaban J connectivity index is 1.44. The van der Waals surface area contributed by atoms with Crippen LogP contribution in [0.3, 0.4) is 0 Å². The maximum atomic E-state index is 12.3. The number of allylic oxidation sites excluding steroid dienone is 2. The van der Waals surface area contributed by atoms with Gasteiger partial charge >= 0.3 is 0 Å². The number of carbonyl (C=O) groups is 1. The molecule has 0 spiro atoms. The Bertz CT molecular complexity index is 789. The van der Waals surface area contributed by atoms with Gasteiger partial charge in [-0.2, -0.15) is 0 Å². The van der Waals surface area contributed by atoms with Crippen molar-refractivity contribution in [2.45, 2.75) is 114 Å². The van der Waals surface area contributed by atoms with Gasteiger partial charge in [0.2, 0.25) is 5.12 Å². The van der Waals surface area contributed by atoms with Crippen LogP contribution in [0.4, 0.5) is 0 Å². The molecule has 0 aliphatic heterocycles. The Morgan fingerprint density at radius 2 is 1.79 bits per heavy atom. The van der Waals surface area contributed by atoms with Crippen molar-refractivity contribution in [2.24, 2.45) is 46.3 Å². The first-order chi connectivity index (χ1) is 15.9. The van der Waals surface area contributed by atoms with Gasteiger partial charge in [-0.3, -0.25) is 4.79 Å². The Kier molecular flexibility index (Phi) is 8.47. The quantitative estimate of drug-likeness (QED) is 0.243. The maximum Gasteiger partial charge on any atom is 0.259 e. The van der Waals surface area contributed by atoms with Crippen LogP contribution >= 0.6 is 46.6 Å². The van der Waals surface area contributed by atoms with Crippen molar-refractivity contribution in [3.63, 3.8) is 0 Å². The summed E-state index contributed by atoms with van der Waals surface area (Å²) in [6.45, 7) is 12.5. The molecule has 194 valence electrons. The molecule has 0 radical (unpaired) electrons. The average Bonchev–Trinajstić information content (AvgIpc) is 3.10. The molecule has 0 bridgehead atoms. The average molecular weight is 548 g/mol. The summed E-state index contributed by atoms with van der Waals surface area (Å²) in [6, 6.07) is 0. The minimum absolute atomic E-state index is 0.246. The van der Waals surface area contributed by atoms with Crippen molar-refractivity contribution in [2.75, 3.05) is 0 Å². The summed E-state index contributed by atoms with van der Waals surface area (Å²) >= 11 is 18.8. The third-order valence-corrected chi connectivity index (χ3v) is 12.9. The lowest BCUT2D eigenvalue weighted by Crippen LogP contribution is -2.50. The number of fused-ring (bicyclic) bond motifs is 5. The summed E-state index contributed by atoms with van der Waals surface area (Å²) in [4.78, 5) is 12.3. The summed E-state index contributed by atoms with van der Waals surface area (Å²) < 4.78 is -1.81. The molecule has 0 amide bonds. The van der Waals surface area contributed by atoms with Gasteiger partial charge in [-0.1, -0.05) is 112 Å². The van der Waals surface area contributed by atoms with Crippen LogP contribution in [0.15, 0.2) is 11.6 Å². The topological polar surface area (TPSA) is 17.1 Å². The molecular formula is C29H45Cl3OS. The highest BCUT2D eigenvalue weighted by Crippen LogP contribution is 2.67. The lowest BCUT2D eigenvalue weighted by molar-refractivity contribution is -0.110. The zero-order valence-electron chi connectivity index (χ0n) is 21.8. The van der Waals surface area contributed by atoms with Crippen molar-refractivity contribution in [1.29, 1.82) is 0 Å². The van der Waals surface area contributed by atoms with Crippen LogP contribution < -0.4 is 0 Å². The number of thioether (sulfide) groups is 1. The van der Waals surface area contributed by atoms with Crippen LogP contribution in [0, 0.1) is 46.3 Å². The van der Waals surface area contributed by atoms with Gasteiger partial charge in [0.1, 0.15) is 0 Å². The molecule has 0 aromatic rings. The summed E-state index contributed by atoms with van der Waals surface area (Å²) in [5.74, 6) is 5.12. The van der Waals surface area contributed by atoms with Gasteiger partial charge in [0.05, 0.1) is 0 Å². The standard InChI is InChI=1S/C29H45Cl3OS/c1-18(2)7-6-8-19(3)23-11-12-24-22-10-9-20-17-21(34-26(33)29(30,31)32)13-15-27(20,4)25(22)14-16-28(23,24)5/h9,18-19,21-25H,6-8,10-17H2,1-5H3/t19-,21+,22-,23+,24-,25-,27-,28+/m0/s1. The number of rotatable bonds is 6. The fourth-order valence-corrected chi connectivity index (χ4v) is 10.3. The van der Waals surface area contributed by atoms with Crippen molar-refractivity contribution < 1.29 is 4.79 Å². The highest BCUT2D eigenvalue weighted by Gasteiger charge is 2.59. The van der Waals surface area contributed by atoms with Gasteiger partial charge in [0, 0.05) is 5.25 Å². The van der Waals surface area contributed by atoms with Crippen LogP contribution in [0.25, 0.3) is 0 Å². The lowest BCUT2D eigenvalue weighted by atomic mass is 9.47. The lowest BCUT2D eigenvalue weighted by Gasteiger charge is -2.58. The highest BCUT2D eigenvalue weighted by atomic mass is 35.6. The Morgan fingerprint density at radius 1 is 1.06 bits per heavy atom. The zero-order valence-corrected chi connectivity index (χ0v) is 24.9. The number of alkyl halides is 3. The molecule has 4 aliphatic rings. The minimum atomic E-state index is -1.81. The normalized spacial score (nSPS) is 40.9. The third-order valence-electron chi connectivity index (χ3n) is 10.8. The first kappa shape index (κ1) is 27.7. The predicted molar refractivity (Wildman–Crippen MR) is 150 cm³/mol. The van der Waals surface area contributed by atoms with E-state index in [2.05, 4.69) is 40.7 Å². The largest absolute Gasteiger partial charge is 0.282 e. The van der Waals surface area contributed by atoms with E-state index in [-0.39, 0.29) is 10.4 Å². The van der Waals surface area contributed by atoms with Gasteiger partial charge in [-0.25, -0.2) is 0 Å². The molecule has 5 heteroatoms. The molecule has 0 aromatic heterocycles. The van der Waals surface area contributed by atoms with Crippen LogP contribution in [0.1, 0.15) is 105 Å². The Labute approximate surface area is 227 Å². The molecule has 0 unspecified atom stereocenters. The van der Waals surface area contributed by atoms with E-state index in [9.17, 15) is 4.79 Å². The molecule has 0 N–H and O–H groups in total. The molecule has 0 saturated heterocycles. The van der Waals surface area contributed by atoms with E-state index in [1.807, 2.05) is 0 Å². The zero-order chi connectivity index (χ0) is 24.9. The summed E-state index contributed by atoms with van der Waals surface area (Å²) in [7, 11) is 0. The second kappa shape index (κ2) is 10.4. The fraction of sp³-hybridized carbons (Fsp3) is 0.897. The van der Waals surface area contributed by atoms with E-state index in [1.54, 1.807) is 5.57 Å². The van der Waals surface area contributed by atoms with Gasteiger partial charge in [0.25, 0.3) is 3.79 Å². The number of hydrogen-bond acceptors (Lipinski definition) is 2. The monoisotopic (exact) mass is 546 g/mol. The van der Waals surface area contributed by atoms with Crippen LogP contribution in [-0.2, 0) is 4.79 Å². The predicted octanol–water partition coefficient (Wildman–Crippen LogP) is 10.0. The Morgan fingerprint density at radius 3 is 2.47 bits per heavy atom. The van der Waals surface area contributed by atoms with Gasteiger partial charge in [0.15, 0.2) is 0 Å². The second-order valence-electron chi connectivity index (χ2n) is 13.1. The Hall–Kier alpha value is 0.630. The molecule has 3 fully saturated rings. The molecule has 4 rings (SSSR count). The van der Waals surface area contributed by atoms with Crippen LogP contribution in [0.5, 0.6) is 0 Å². The number of halogens is 3. The van der Waals surface area contributed by atoms with Crippen molar-refractivity contribution in [1.82, 2.24) is 0 Å². The molecule has 34 heavy (non-hydrogen) atoms.